The van der Waals surface area contributed by atoms with Crippen LogP contribution in [0.2, 0.25) is 0 Å². The molecule has 2 N–H and O–H groups in total. The molecular formula is C34H32N4O3. The van der Waals surface area contributed by atoms with Gasteiger partial charge in [0, 0.05) is 42.5 Å². The number of hydrogen-bond acceptors (Lipinski definition) is 5. The quantitative estimate of drug-likeness (QED) is 0.221. The summed E-state index contributed by atoms with van der Waals surface area (Å²) in [5.41, 5.74) is 5.68. The number of ether oxygens (including phenoxy) is 2. The summed E-state index contributed by atoms with van der Waals surface area (Å²) < 4.78 is 11.3. The van der Waals surface area contributed by atoms with Crippen molar-refractivity contribution in [1.29, 1.82) is 0 Å². The molecule has 0 bridgehead atoms. The molecule has 0 atom stereocenters. The fourth-order valence-corrected chi connectivity index (χ4v) is 4.99. The molecular weight excluding hydrogens is 512 g/mol. The van der Waals surface area contributed by atoms with Gasteiger partial charge in [0.25, 0.3) is 0 Å². The van der Waals surface area contributed by atoms with Crippen LogP contribution in [-0.4, -0.2) is 42.2 Å². The van der Waals surface area contributed by atoms with Crippen LogP contribution in [0.15, 0.2) is 109 Å². The molecule has 7 heteroatoms. The van der Waals surface area contributed by atoms with Gasteiger partial charge in [-0.1, -0.05) is 66.7 Å². The van der Waals surface area contributed by atoms with Gasteiger partial charge >= 0.3 is 6.03 Å². The van der Waals surface area contributed by atoms with Crippen LogP contribution in [0.1, 0.15) is 11.3 Å². The predicted molar refractivity (Wildman–Crippen MR) is 163 cm³/mol. The summed E-state index contributed by atoms with van der Waals surface area (Å²) in [5.74, 6) is 0.741. The van der Waals surface area contributed by atoms with Gasteiger partial charge in [-0.25, -0.2) is 4.79 Å². The summed E-state index contributed by atoms with van der Waals surface area (Å²) in [7, 11) is 0. The van der Waals surface area contributed by atoms with E-state index in [1.165, 1.54) is 0 Å². The van der Waals surface area contributed by atoms with Gasteiger partial charge in [-0.15, -0.1) is 0 Å². The Morgan fingerprint density at radius 2 is 1.56 bits per heavy atom. The maximum absolute atomic E-state index is 12.9. The van der Waals surface area contributed by atoms with Gasteiger partial charge in [0.15, 0.2) is 0 Å². The maximum atomic E-state index is 12.9. The van der Waals surface area contributed by atoms with E-state index in [0.29, 0.717) is 12.3 Å². The molecule has 6 rings (SSSR count). The fourth-order valence-electron chi connectivity index (χ4n) is 4.99. The van der Waals surface area contributed by atoms with E-state index in [1.807, 2.05) is 91.1 Å². The predicted octanol–water partition coefficient (Wildman–Crippen LogP) is 6.96. The molecule has 0 spiro atoms. The van der Waals surface area contributed by atoms with Crippen LogP contribution in [0, 0.1) is 0 Å². The summed E-state index contributed by atoms with van der Waals surface area (Å²) in [5, 5.41) is 7.94. The third-order valence-corrected chi connectivity index (χ3v) is 7.16. The van der Waals surface area contributed by atoms with E-state index >= 15 is 0 Å². The van der Waals surface area contributed by atoms with Gasteiger partial charge in [-0.3, -0.25) is 9.88 Å². The van der Waals surface area contributed by atoms with Crippen LogP contribution >= 0.6 is 0 Å². The highest BCUT2D eigenvalue weighted by molar-refractivity contribution is 6.09. The Morgan fingerprint density at radius 3 is 2.32 bits per heavy atom. The number of aromatic nitrogens is 1. The van der Waals surface area contributed by atoms with Crippen molar-refractivity contribution >= 4 is 28.2 Å². The zero-order chi connectivity index (χ0) is 27.9. The molecule has 41 heavy (non-hydrogen) atoms. The number of nitrogens with zero attached hydrogens (tertiary/aromatic N) is 2. The number of amides is 2. The number of morpholine rings is 1. The highest BCUT2D eigenvalue weighted by atomic mass is 16.5. The lowest BCUT2D eigenvalue weighted by molar-refractivity contribution is 0.0336. The van der Waals surface area contributed by atoms with Crippen molar-refractivity contribution in [3.63, 3.8) is 0 Å². The average Bonchev–Trinajstić information content (AvgIpc) is 3.02. The molecule has 1 aliphatic heterocycles. The lowest BCUT2D eigenvalue weighted by Gasteiger charge is -2.26. The first kappa shape index (κ1) is 26.5. The molecule has 1 aromatic heterocycles. The van der Waals surface area contributed by atoms with E-state index in [2.05, 4.69) is 33.7 Å². The SMILES string of the molecule is O=C(Nc1ccc(OCc2ccccc2)cc1)Nc1ccc(-c2ccc(CN3CCOCC3)nc2)c2ccccc12. The molecule has 0 radical (unpaired) electrons. The zero-order valence-electron chi connectivity index (χ0n) is 22.8. The number of benzene rings is 4. The molecule has 0 saturated carbocycles. The second-order valence-electron chi connectivity index (χ2n) is 10.0. The number of carbonyl (C=O) groups excluding carboxylic acids is 1. The topological polar surface area (TPSA) is 75.7 Å². The van der Waals surface area contributed by atoms with Crippen LogP contribution < -0.4 is 15.4 Å². The Bertz CT molecular complexity index is 1600. The van der Waals surface area contributed by atoms with E-state index in [-0.39, 0.29) is 6.03 Å². The number of urea groups is 1. The molecule has 2 amide bonds. The second kappa shape index (κ2) is 12.6. The summed E-state index contributed by atoms with van der Waals surface area (Å²) in [6, 6.07) is 33.3. The molecule has 0 unspecified atom stereocenters. The second-order valence-corrected chi connectivity index (χ2v) is 10.0. The van der Waals surface area contributed by atoms with E-state index in [9.17, 15) is 4.79 Å². The monoisotopic (exact) mass is 544 g/mol. The van der Waals surface area contributed by atoms with E-state index in [4.69, 9.17) is 14.5 Å². The van der Waals surface area contributed by atoms with E-state index in [0.717, 1.165) is 77.4 Å². The Kier molecular flexibility index (Phi) is 8.17. The first-order valence-electron chi connectivity index (χ1n) is 13.8. The zero-order valence-corrected chi connectivity index (χ0v) is 22.8. The Morgan fingerprint density at radius 1 is 0.805 bits per heavy atom. The van der Waals surface area contributed by atoms with Crippen molar-refractivity contribution in [2.75, 3.05) is 36.9 Å². The molecule has 206 valence electrons. The smallest absolute Gasteiger partial charge is 0.323 e. The van der Waals surface area contributed by atoms with Gasteiger partial charge < -0.3 is 20.1 Å². The van der Waals surface area contributed by atoms with Gasteiger partial charge in [0.1, 0.15) is 12.4 Å². The number of pyridine rings is 1. The minimum absolute atomic E-state index is 0.310. The maximum Gasteiger partial charge on any atom is 0.323 e. The van der Waals surface area contributed by atoms with Crippen LogP contribution in [0.4, 0.5) is 16.2 Å². The minimum atomic E-state index is -0.310. The van der Waals surface area contributed by atoms with Gasteiger partial charge in [0.2, 0.25) is 0 Å². The van der Waals surface area contributed by atoms with Crippen LogP contribution in [0.5, 0.6) is 5.75 Å². The van der Waals surface area contributed by atoms with Crippen LogP contribution in [-0.2, 0) is 17.9 Å². The molecule has 1 aliphatic rings. The number of nitrogens with one attached hydrogen (secondary N) is 2. The average molecular weight is 545 g/mol. The van der Waals surface area contributed by atoms with Crippen molar-refractivity contribution in [3.05, 3.63) is 121 Å². The van der Waals surface area contributed by atoms with Crippen LogP contribution in [0.25, 0.3) is 21.9 Å². The van der Waals surface area contributed by atoms with Crippen molar-refractivity contribution in [2.24, 2.45) is 0 Å². The first-order chi connectivity index (χ1) is 20.2. The lowest BCUT2D eigenvalue weighted by atomic mass is 9.98. The molecule has 1 saturated heterocycles. The highest BCUT2D eigenvalue weighted by Gasteiger charge is 2.13. The van der Waals surface area contributed by atoms with E-state index in [1.54, 1.807) is 0 Å². The third-order valence-electron chi connectivity index (χ3n) is 7.16. The Labute approximate surface area is 239 Å². The molecule has 2 heterocycles. The number of fused-ring (bicyclic) bond motifs is 1. The molecule has 1 fully saturated rings. The fraction of sp³-hybridized carbons (Fsp3) is 0.176. The van der Waals surface area contributed by atoms with Gasteiger partial charge in [0.05, 0.1) is 24.6 Å². The Hall–Kier alpha value is -4.72. The minimum Gasteiger partial charge on any atom is -0.489 e. The molecule has 7 nitrogen and oxygen atoms in total. The van der Waals surface area contributed by atoms with Gasteiger partial charge in [-0.05, 0) is 52.9 Å². The third kappa shape index (κ3) is 6.72. The van der Waals surface area contributed by atoms with Crippen LogP contribution in [0.3, 0.4) is 0 Å². The summed E-state index contributed by atoms with van der Waals surface area (Å²) in [4.78, 5) is 20.0. The molecule has 4 aromatic carbocycles. The lowest BCUT2D eigenvalue weighted by Crippen LogP contribution is -2.35. The standard InChI is InChI=1S/C34H32N4O3/c39-34(36-27-12-14-29(15-13-27)41-24-25-6-2-1-3-7-25)37-33-17-16-30(31-8-4-5-9-32(31)33)26-10-11-28(35-22-26)23-38-18-20-40-21-19-38/h1-17,22H,18-21,23-24H2,(H2,36,37,39). The molecule has 0 aliphatic carbocycles. The van der Waals surface area contributed by atoms with Crippen molar-refractivity contribution in [2.45, 2.75) is 13.2 Å². The number of carbonyl (C=O) groups is 1. The van der Waals surface area contributed by atoms with Crippen molar-refractivity contribution in [3.8, 4) is 16.9 Å². The number of rotatable bonds is 8. The molecule has 5 aromatic rings. The number of hydrogen-bond donors (Lipinski definition) is 2. The number of anilines is 2. The summed E-state index contributed by atoms with van der Waals surface area (Å²) in [6.07, 6.45) is 1.94. The van der Waals surface area contributed by atoms with Crippen molar-refractivity contribution < 1.29 is 14.3 Å². The largest absolute Gasteiger partial charge is 0.489 e. The normalized spacial score (nSPS) is 13.6. The summed E-state index contributed by atoms with van der Waals surface area (Å²) >= 11 is 0. The Balaban J connectivity index is 1.11. The highest BCUT2D eigenvalue weighted by Crippen LogP contribution is 2.33. The van der Waals surface area contributed by atoms with Crippen molar-refractivity contribution in [1.82, 2.24) is 9.88 Å². The first-order valence-corrected chi connectivity index (χ1v) is 13.8. The summed E-state index contributed by atoms with van der Waals surface area (Å²) in [6.45, 7) is 4.74. The van der Waals surface area contributed by atoms with Gasteiger partial charge in [-0.2, -0.15) is 0 Å². The van der Waals surface area contributed by atoms with E-state index < -0.39 is 0 Å².